The molecule has 3 aromatic rings. The molecule has 0 fully saturated rings. The topological polar surface area (TPSA) is 85.1 Å². The Bertz CT molecular complexity index is 961. The first-order chi connectivity index (χ1) is 12.3. The van der Waals surface area contributed by atoms with Crippen LogP contribution in [0.15, 0.2) is 53.8 Å². The van der Waals surface area contributed by atoms with Gasteiger partial charge in [-0.3, -0.25) is 14.4 Å². The minimum Gasteiger partial charge on any atom is -0.311 e. The van der Waals surface area contributed by atoms with Crippen LogP contribution in [0.25, 0.3) is 5.69 Å². The monoisotopic (exact) mass is 332 g/mol. The zero-order valence-corrected chi connectivity index (χ0v) is 13.7. The summed E-state index contributed by atoms with van der Waals surface area (Å²) in [5, 5.41) is 10.9. The molecule has 7 nitrogen and oxygen atoms in total. The molecule has 3 heterocycles. The smallest absolute Gasteiger partial charge is 0.225 e. The summed E-state index contributed by atoms with van der Waals surface area (Å²) >= 11 is 0. The molecule has 0 aliphatic carbocycles. The molecule has 1 amide bonds. The van der Waals surface area contributed by atoms with Crippen molar-refractivity contribution >= 4 is 17.4 Å². The van der Waals surface area contributed by atoms with Crippen molar-refractivity contribution in [1.82, 2.24) is 19.7 Å². The summed E-state index contributed by atoms with van der Waals surface area (Å²) < 4.78 is 1.88. The Morgan fingerprint density at radius 3 is 2.84 bits per heavy atom. The summed E-state index contributed by atoms with van der Waals surface area (Å²) in [4.78, 5) is 21.1. The summed E-state index contributed by atoms with van der Waals surface area (Å²) in [6, 6.07) is 13.6. The molecule has 7 heteroatoms. The van der Waals surface area contributed by atoms with Crippen LogP contribution in [0.4, 0.5) is 5.82 Å². The van der Waals surface area contributed by atoms with Crippen molar-refractivity contribution in [1.29, 1.82) is 0 Å². The Hall–Kier alpha value is -3.35. The average molecular weight is 332 g/mol. The van der Waals surface area contributed by atoms with E-state index in [1.807, 2.05) is 41.0 Å². The number of pyridine rings is 1. The van der Waals surface area contributed by atoms with Crippen molar-refractivity contribution in [3.8, 4) is 5.69 Å². The highest BCUT2D eigenvalue weighted by Gasteiger charge is 2.21. The molecule has 25 heavy (non-hydrogen) atoms. The molecule has 1 aromatic carbocycles. The van der Waals surface area contributed by atoms with Gasteiger partial charge in [-0.2, -0.15) is 0 Å². The highest BCUT2D eigenvalue weighted by atomic mass is 16.1. The molecule has 2 aromatic heterocycles. The molecule has 0 atom stereocenters. The fourth-order valence-electron chi connectivity index (χ4n) is 2.74. The SMILES string of the molecule is CCC(=O)Nc1ccc2c(n1)C(c1ccccc1)=NCc1nncn1-2. The van der Waals surface area contributed by atoms with E-state index in [1.54, 1.807) is 19.3 Å². The molecule has 1 aliphatic rings. The van der Waals surface area contributed by atoms with Crippen LogP contribution >= 0.6 is 0 Å². The van der Waals surface area contributed by atoms with Crippen LogP contribution in [0, 0.1) is 0 Å². The quantitative estimate of drug-likeness (QED) is 0.798. The van der Waals surface area contributed by atoms with Gasteiger partial charge < -0.3 is 5.32 Å². The summed E-state index contributed by atoms with van der Waals surface area (Å²) in [5.74, 6) is 1.18. The Morgan fingerprint density at radius 1 is 1.20 bits per heavy atom. The molecule has 0 bridgehead atoms. The van der Waals surface area contributed by atoms with E-state index in [1.165, 1.54) is 0 Å². The molecular formula is C18H16N6O. The van der Waals surface area contributed by atoms with E-state index in [9.17, 15) is 4.79 Å². The van der Waals surface area contributed by atoms with Crippen molar-refractivity contribution in [2.75, 3.05) is 5.32 Å². The Balaban J connectivity index is 1.88. The summed E-state index contributed by atoms with van der Waals surface area (Å²) in [7, 11) is 0. The lowest BCUT2D eigenvalue weighted by molar-refractivity contribution is -0.115. The van der Waals surface area contributed by atoms with E-state index in [-0.39, 0.29) is 5.91 Å². The predicted molar refractivity (Wildman–Crippen MR) is 93.9 cm³/mol. The van der Waals surface area contributed by atoms with Gasteiger partial charge in [-0.15, -0.1) is 10.2 Å². The Morgan fingerprint density at radius 2 is 2.04 bits per heavy atom. The van der Waals surface area contributed by atoms with Crippen molar-refractivity contribution in [2.24, 2.45) is 4.99 Å². The third-order valence-corrected chi connectivity index (χ3v) is 3.99. The fourth-order valence-corrected chi connectivity index (χ4v) is 2.74. The van der Waals surface area contributed by atoms with Crippen molar-refractivity contribution < 1.29 is 4.79 Å². The molecule has 4 rings (SSSR count). The van der Waals surface area contributed by atoms with Crippen LogP contribution in [-0.2, 0) is 11.3 Å². The minimum atomic E-state index is -0.0794. The van der Waals surface area contributed by atoms with Crippen LogP contribution in [-0.4, -0.2) is 31.4 Å². The number of rotatable bonds is 3. The van der Waals surface area contributed by atoms with Crippen molar-refractivity contribution in [3.05, 3.63) is 65.9 Å². The first-order valence-electron chi connectivity index (χ1n) is 8.06. The third-order valence-electron chi connectivity index (χ3n) is 3.99. The lowest BCUT2D eigenvalue weighted by atomic mass is 10.1. The number of aliphatic imine (C=N–C) groups is 1. The third kappa shape index (κ3) is 2.80. The standard InChI is InChI=1S/C18H16N6O/c1-2-16(25)21-14-9-8-13-18(22-14)17(12-6-4-3-5-7-12)19-10-15-23-20-11-24(13)15/h3-9,11H,2,10H2,1H3,(H,21,22,25). The lowest BCUT2D eigenvalue weighted by Gasteiger charge is -2.12. The van der Waals surface area contributed by atoms with Gasteiger partial charge >= 0.3 is 0 Å². The number of anilines is 1. The van der Waals surface area contributed by atoms with E-state index in [0.717, 1.165) is 22.8 Å². The van der Waals surface area contributed by atoms with E-state index < -0.39 is 0 Å². The number of carbonyl (C=O) groups is 1. The molecule has 0 unspecified atom stereocenters. The fraction of sp³-hybridized carbons (Fsp3) is 0.167. The van der Waals surface area contributed by atoms with Gasteiger partial charge in [-0.1, -0.05) is 37.3 Å². The predicted octanol–water partition coefficient (Wildman–Crippen LogP) is 2.36. The second kappa shape index (κ2) is 6.27. The molecule has 0 saturated carbocycles. The number of benzene rings is 1. The largest absolute Gasteiger partial charge is 0.311 e. The average Bonchev–Trinajstić information content (AvgIpc) is 3.05. The van der Waals surface area contributed by atoms with Crippen LogP contribution < -0.4 is 5.32 Å². The van der Waals surface area contributed by atoms with Crippen LogP contribution in [0.3, 0.4) is 0 Å². The Labute approximate surface area is 144 Å². The maximum absolute atomic E-state index is 11.7. The highest BCUT2D eigenvalue weighted by molar-refractivity contribution is 6.14. The Kier molecular flexibility index (Phi) is 3.81. The maximum atomic E-state index is 11.7. The number of fused-ring (bicyclic) bond motifs is 3. The molecule has 0 radical (unpaired) electrons. The zero-order chi connectivity index (χ0) is 17.2. The maximum Gasteiger partial charge on any atom is 0.225 e. The molecule has 0 spiro atoms. The number of nitrogens with zero attached hydrogens (tertiary/aromatic N) is 5. The highest BCUT2D eigenvalue weighted by Crippen LogP contribution is 2.24. The van der Waals surface area contributed by atoms with E-state index in [2.05, 4.69) is 20.5 Å². The zero-order valence-electron chi connectivity index (χ0n) is 13.7. The number of hydrogen-bond acceptors (Lipinski definition) is 5. The number of nitrogens with one attached hydrogen (secondary N) is 1. The van der Waals surface area contributed by atoms with Crippen LogP contribution in [0.2, 0.25) is 0 Å². The molecule has 124 valence electrons. The summed E-state index contributed by atoms with van der Waals surface area (Å²) in [5.41, 5.74) is 3.27. The number of amides is 1. The number of carbonyl (C=O) groups excluding carboxylic acids is 1. The van der Waals surface area contributed by atoms with Crippen molar-refractivity contribution in [3.63, 3.8) is 0 Å². The second-order valence-corrected chi connectivity index (χ2v) is 5.61. The van der Waals surface area contributed by atoms with Gasteiger partial charge in [-0.05, 0) is 12.1 Å². The van der Waals surface area contributed by atoms with Gasteiger partial charge in [-0.25, -0.2) is 4.98 Å². The van der Waals surface area contributed by atoms with Crippen molar-refractivity contribution in [2.45, 2.75) is 19.9 Å². The number of hydrogen-bond donors (Lipinski definition) is 1. The summed E-state index contributed by atoms with van der Waals surface area (Å²) in [6.45, 7) is 2.22. The van der Waals surface area contributed by atoms with Crippen LogP contribution in [0.5, 0.6) is 0 Å². The second-order valence-electron chi connectivity index (χ2n) is 5.61. The normalized spacial score (nSPS) is 12.6. The first kappa shape index (κ1) is 15.2. The van der Waals surface area contributed by atoms with E-state index in [0.29, 0.717) is 24.5 Å². The van der Waals surface area contributed by atoms with Gasteiger partial charge in [0, 0.05) is 12.0 Å². The minimum absolute atomic E-state index is 0.0794. The molecule has 0 saturated heterocycles. The molecule has 1 aliphatic heterocycles. The van der Waals surface area contributed by atoms with E-state index >= 15 is 0 Å². The summed E-state index contributed by atoms with van der Waals surface area (Å²) in [6.07, 6.45) is 2.05. The van der Waals surface area contributed by atoms with Gasteiger partial charge in [0.25, 0.3) is 0 Å². The van der Waals surface area contributed by atoms with Gasteiger partial charge in [0.2, 0.25) is 5.91 Å². The van der Waals surface area contributed by atoms with Gasteiger partial charge in [0.05, 0.1) is 11.4 Å². The first-order valence-corrected chi connectivity index (χ1v) is 8.06. The van der Waals surface area contributed by atoms with Gasteiger partial charge in [0.1, 0.15) is 24.4 Å². The molecular weight excluding hydrogens is 316 g/mol. The van der Waals surface area contributed by atoms with Crippen LogP contribution in [0.1, 0.15) is 30.4 Å². The molecule has 1 N–H and O–H groups in total. The van der Waals surface area contributed by atoms with Gasteiger partial charge in [0.15, 0.2) is 5.82 Å². The van der Waals surface area contributed by atoms with E-state index in [4.69, 9.17) is 4.99 Å². The number of aromatic nitrogens is 4. The lowest BCUT2D eigenvalue weighted by Crippen LogP contribution is -2.15.